The monoisotopic (exact) mass is 380 g/mol. The van der Waals surface area contributed by atoms with Crippen LogP contribution >= 0.6 is 11.6 Å². The highest BCUT2D eigenvalue weighted by Crippen LogP contribution is 2.38. The van der Waals surface area contributed by atoms with Crippen molar-refractivity contribution in [2.45, 2.75) is 44.6 Å². The molecule has 0 N–H and O–H groups in total. The van der Waals surface area contributed by atoms with Crippen LogP contribution in [0.4, 0.5) is 4.79 Å². The topological polar surface area (TPSA) is 59.1 Å². The zero-order valence-electron chi connectivity index (χ0n) is 15.4. The van der Waals surface area contributed by atoms with Crippen LogP contribution in [-0.2, 0) is 20.8 Å². The molecule has 7 heteroatoms. The lowest BCUT2D eigenvalue weighted by atomic mass is 9.78. The van der Waals surface area contributed by atoms with Crippen molar-refractivity contribution in [3.05, 3.63) is 34.9 Å². The molecule has 3 amide bonds. The molecule has 26 heavy (non-hydrogen) atoms. The molecule has 6 nitrogen and oxygen atoms in total. The van der Waals surface area contributed by atoms with Crippen LogP contribution in [-0.4, -0.2) is 60.8 Å². The van der Waals surface area contributed by atoms with Gasteiger partial charge in [0.15, 0.2) is 0 Å². The standard InChI is InChI=1S/C19H25ClN2O4/c1-4-21-18(23)13-9-16(25-2)17(26-3)10-15(13)22(19(21)24)11-12-7-5-6-8-14(12)20/h5-8,13,15-17H,4,9-11H2,1-3H3. The van der Waals surface area contributed by atoms with E-state index in [1.807, 2.05) is 31.2 Å². The average molecular weight is 381 g/mol. The van der Waals surface area contributed by atoms with E-state index in [9.17, 15) is 9.59 Å². The first-order chi connectivity index (χ1) is 12.5. The second-order valence-electron chi connectivity index (χ2n) is 6.78. The number of urea groups is 1. The van der Waals surface area contributed by atoms with Gasteiger partial charge < -0.3 is 14.4 Å². The Bertz CT molecular complexity index is 683. The molecule has 1 saturated heterocycles. The van der Waals surface area contributed by atoms with Crippen LogP contribution in [0.5, 0.6) is 0 Å². The summed E-state index contributed by atoms with van der Waals surface area (Å²) in [7, 11) is 3.27. The quantitative estimate of drug-likeness (QED) is 0.788. The number of benzene rings is 1. The number of hydrogen-bond acceptors (Lipinski definition) is 4. The van der Waals surface area contributed by atoms with Crippen molar-refractivity contribution in [1.82, 2.24) is 9.80 Å². The first-order valence-electron chi connectivity index (χ1n) is 8.92. The lowest BCUT2D eigenvalue weighted by molar-refractivity contribution is -0.151. The van der Waals surface area contributed by atoms with Gasteiger partial charge in [-0.25, -0.2) is 4.79 Å². The van der Waals surface area contributed by atoms with Crippen molar-refractivity contribution in [3.8, 4) is 0 Å². The van der Waals surface area contributed by atoms with Crippen LogP contribution in [0.15, 0.2) is 24.3 Å². The number of halogens is 1. The molecule has 1 aliphatic heterocycles. The van der Waals surface area contributed by atoms with Crippen LogP contribution < -0.4 is 0 Å². The number of imide groups is 1. The molecule has 4 atom stereocenters. The van der Waals surface area contributed by atoms with Gasteiger partial charge in [-0.05, 0) is 31.4 Å². The predicted octanol–water partition coefficient (Wildman–Crippen LogP) is 2.93. The third-order valence-electron chi connectivity index (χ3n) is 5.52. The van der Waals surface area contributed by atoms with Crippen LogP contribution in [0.25, 0.3) is 0 Å². The van der Waals surface area contributed by atoms with Crippen LogP contribution in [0.2, 0.25) is 5.02 Å². The normalized spacial score (nSPS) is 29.1. The SMILES string of the molecule is CCN1C(=O)C2CC(OC)C(OC)CC2N(Cc2ccccc2Cl)C1=O. The molecule has 1 aromatic rings. The van der Waals surface area contributed by atoms with E-state index in [2.05, 4.69) is 0 Å². The van der Waals surface area contributed by atoms with Crippen LogP contribution in [0, 0.1) is 5.92 Å². The number of methoxy groups -OCH3 is 2. The van der Waals surface area contributed by atoms with Gasteiger partial charge in [0.1, 0.15) is 0 Å². The molecule has 0 radical (unpaired) electrons. The van der Waals surface area contributed by atoms with Gasteiger partial charge in [-0.1, -0.05) is 29.8 Å². The van der Waals surface area contributed by atoms with Gasteiger partial charge in [0, 0.05) is 38.4 Å². The first kappa shape index (κ1) is 19.1. The summed E-state index contributed by atoms with van der Waals surface area (Å²) in [5.41, 5.74) is 0.870. The Morgan fingerprint density at radius 3 is 2.38 bits per heavy atom. The number of ether oxygens (including phenoxy) is 2. The van der Waals surface area contributed by atoms with Crippen molar-refractivity contribution < 1.29 is 19.1 Å². The molecular weight excluding hydrogens is 356 g/mol. The Balaban J connectivity index is 1.94. The summed E-state index contributed by atoms with van der Waals surface area (Å²) >= 11 is 6.30. The molecule has 1 aliphatic carbocycles. The minimum atomic E-state index is -0.286. The first-order valence-corrected chi connectivity index (χ1v) is 9.30. The number of nitrogens with zero attached hydrogens (tertiary/aromatic N) is 2. The van der Waals surface area contributed by atoms with Crippen molar-refractivity contribution >= 4 is 23.5 Å². The zero-order chi connectivity index (χ0) is 18.8. The summed E-state index contributed by atoms with van der Waals surface area (Å²) in [6, 6.07) is 7.00. The maximum atomic E-state index is 13.0. The van der Waals surface area contributed by atoms with Crippen LogP contribution in [0.1, 0.15) is 25.3 Å². The smallest absolute Gasteiger partial charge is 0.327 e. The molecule has 2 fully saturated rings. The summed E-state index contributed by atoms with van der Waals surface area (Å²) in [6.45, 7) is 2.54. The number of carbonyl (C=O) groups excluding carboxylic acids is 2. The fourth-order valence-corrected chi connectivity index (χ4v) is 4.29. The van der Waals surface area contributed by atoms with Crippen molar-refractivity contribution in [3.63, 3.8) is 0 Å². The minimum absolute atomic E-state index is 0.116. The molecule has 2 aliphatic rings. The molecule has 4 unspecified atom stereocenters. The van der Waals surface area contributed by atoms with Gasteiger partial charge in [0.25, 0.3) is 0 Å². The number of amides is 3. The van der Waals surface area contributed by atoms with Gasteiger partial charge in [-0.2, -0.15) is 0 Å². The summed E-state index contributed by atoms with van der Waals surface area (Å²) in [5, 5.41) is 0.616. The Labute approximate surface area is 159 Å². The van der Waals surface area contributed by atoms with Gasteiger partial charge in [-0.15, -0.1) is 0 Å². The lowest BCUT2D eigenvalue weighted by Gasteiger charge is -2.49. The molecule has 1 heterocycles. The van der Waals surface area contributed by atoms with Crippen molar-refractivity contribution in [2.75, 3.05) is 20.8 Å². The fourth-order valence-electron chi connectivity index (χ4n) is 4.10. The highest BCUT2D eigenvalue weighted by Gasteiger charge is 2.51. The third kappa shape index (κ3) is 3.33. The van der Waals surface area contributed by atoms with E-state index in [0.29, 0.717) is 31.0 Å². The van der Waals surface area contributed by atoms with Crippen molar-refractivity contribution in [2.24, 2.45) is 5.92 Å². The number of hydrogen-bond donors (Lipinski definition) is 0. The molecule has 3 rings (SSSR count). The average Bonchev–Trinajstić information content (AvgIpc) is 2.66. The van der Waals surface area contributed by atoms with Crippen LogP contribution in [0.3, 0.4) is 0 Å². The van der Waals surface area contributed by atoms with Gasteiger partial charge in [-0.3, -0.25) is 9.69 Å². The Hall–Kier alpha value is -1.63. The van der Waals surface area contributed by atoms with E-state index in [-0.39, 0.29) is 36.1 Å². The molecule has 142 valence electrons. The maximum Gasteiger partial charge on any atom is 0.327 e. The highest BCUT2D eigenvalue weighted by molar-refractivity contribution is 6.31. The maximum absolute atomic E-state index is 13.0. The largest absolute Gasteiger partial charge is 0.379 e. The number of rotatable bonds is 5. The third-order valence-corrected chi connectivity index (χ3v) is 5.89. The molecule has 0 bridgehead atoms. The Morgan fingerprint density at radius 1 is 1.12 bits per heavy atom. The predicted molar refractivity (Wildman–Crippen MR) is 97.9 cm³/mol. The van der Waals surface area contributed by atoms with E-state index in [0.717, 1.165) is 5.56 Å². The second kappa shape index (κ2) is 7.94. The molecule has 0 aromatic heterocycles. The van der Waals surface area contributed by atoms with E-state index in [1.54, 1.807) is 19.1 Å². The zero-order valence-corrected chi connectivity index (χ0v) is 16.1. The van der Waals surface area contributed by atoms with Gasteiger partial charge in [0.2, 0.25) is 5.91 Å². The summed E-state index contributed by atoms with van der Waals surface area (Å²) < 4.78 is 11.1. The molecule has 1 aromatic carbocycles. The number of carbonyl (C=O) groups is 2. The fraction of sp³-hybridized carbons (Fsp3) is 0.579. The molecule has 0 spiro atoms. The van der Waals surface area contributed by atoms with Gasteiger partial charge >= 0.3 is 6.03 Å². The van der Waals surface area contributed by atoms with E-state index in [4.69, 9.17) is 21.1 Å². The minimum Gasteiger partial charge on any atom is -0.379 e. The lowest BCUT2D eigenvalue weighted by Crippen LogP contribution is -2.65. The van der Waals surface area contributed by atoms with Gasteiger partial charge in [0.05, 0.1) is 18.1 Å². The van der Waals surface area contributed by atoms with Crippen molar-refractivity contribution in [1.29, 1.82) is 0 Å². The highest BCUT2D eigenvalue weighted by atomic mass is 35.5. The van der Waals surface area contributed by atoms with E-state index < -0.39 is 0 Å². The Morgan fingerprint density at radius 2 is 1.77 bits per heavy atom. The molecule has 1 saturated carbocycles. The summed E-state index contributed by atoms with van der Waals surface area (Å²) in [4.78, 5) is 29.0. The second-order valence-corrected chi connectivity index (χ2v) is 7.19. The summed E-state index contributed by atoms with van der Waals surface area (Å²) in [6.07, 6.45) is 0.809. The Kier molecular flexibility index (Phi) is 5.85. The van der Waals surface area contributed by atoms with E-state index in [1.165, 1.54) is 4.90 Å². The molecular formula is C19H25ClN2O4. The summed E-state index contributed by atoms with van der Waals surface area (Å²) in [5.74, 6) is -0.402. The number of fused-ring (bicyclic) bond motifs is 1. The van der Waals surface area contributed by atoms with E-state index >= 15 is 0 Å².